The Balaban J connectivity index is 1.87. The molecule has 1 aliphatic heterocycles. The van der Waals surface area contributed by atoms with Crippen LogP contribution in [0.2, 0.25) is 0 Å². The molecule has 0 saturated carbocycles. The highest BCUT2D eigenvalue weighted by molar-refractivity contribution is 5.96. The van der Waals surface area contributed by atoms with E-state index >= 15 is 0 Å². The van der Waals surface area contributed by atoms with E-state index in [1.807, 2.05) is 0 Å². The molecule has 3 heterocycles. The van der Waals surface area contributed by atoms with Gasteiger partial charge in [0.1, 0.15) is 5.65 Å². The number of fused-ring (bicyclic) bond motifs is 1. The van der Waals surface area contributed by atoms with Crippen molar-refractivity contribution in [2.75, 3.05) is 19.7 Å². The lowest BCUT2D eigenvalue weighted by Crippen LogP contribution is -2.43. The molecule has 1 amide bonds. The van der Waals surface area contributed by atoms with Crippen molar-refractivity contribution in [1.29, 1.82) is 0 Å². The molecule has 8 nitrogen and oxygen atoms in total. The van der Waals surface area contributed by atoms with Gasteiger partial charge in [-0.2, -0.15) is 0 Å². The first kappa shape index (κ1) is 17.3. The molecule has 1 aliphatic rings. The zero-order valence-electron chi connectivity index (χ0n) is 14.4. The third-order valence-corrected chi connectivity index (χ3v) is 4.42. The first-order valence-corrected chi connectivity index (χ1v) is 8.51. The minimum Gasteiger partial charge on any atom is -0.376 e. The van der Waals surface area contributed by atoms with Crippen molar-refractivity contribution in [3.05, 3.63) is 38.7 Å². The van der Waals surface area contributed by atoms with Gasteiger partial charge in [0, 0.05) is 32.9 Å². The van der Waals surface area contributed by atoms with Crippen LogP contribution >= 0.6 is 0 Å². The normalized spacial score (nSPS) is 17.8. The lowest BCUT2D eigenvalue weighted by Gasteiger charge is -2.32. The van der Waals surface area contributed by atoms with Crippen LogP contribution in [0, 0.1) is 0 Å². The van der Waals surface area contributed by atoms with Crippen molar-refractivity contribution < 1.29 is 9.53 Å². The van der Waals surface area contributed by atoms with Gasteiger partial charge in [-0.1, -0.05) is 6.92 Å². The van der Waals surface area contributed by atoms with Gasteiger partial charge in [-0.15, -0.1) is 0 Å². The number of likely N-dealkylation sites (tertiary alicyclic amines) is 1. The molecule has 1 atom stereocenters. The quantitative estimate of drug-likeness (QED) is 0.877. The standard InChI is InChI=1S/C17H22N4O4/c1-3-7-25-12-5-4-6-21(10-12)16(23)11-8-13-14(18-9-11)20(2)17(24)19-15(13)22/h8-9,12H,3-7,10H2,1-2H3,(H,19,22,24). The minimum atomic E-state index is -0.539. The molecule has 0 aliphatic carbocycles. The van der Waals surface area contributed by atoms with E-state index < -0.39 is 11.2 Å². The number of H-pyrrole nitrogens is 1. The molecule has 2 aromatic heterocycles. The summed E-state index contributed by atoms with van der Waals surface area (Å²) in [4.78, 5) is 44.5. The fourth-order valence-corrected chi connectivity index (χ4v) is 3.08. The number of hydrogen-bond acceptors (Lipinski definition) is 5. The summed E-state index contributed by atoms with van der Waals surface area (Å²) in [7, 11) is 1.52. The van der Waals surface area contributed by atoms with Crippen LogP contribution in [0.25, 0.3) is 11.0 Å². The average molecular weight is 346 g/mol. The Bertz CT molecular complexity index is 902. The van der Waals surface area contributed by atoms with Gasteiger partial charge in [0.25, 0.3) is 11.5 Å². The van der Waals surface area contributed by atoms with Gasteiger partial charge < -0.3 is 9.64 Å². The van der Waals surface area contributed by atoms with E-state index in [9.17, 15) is 14.4 Å². The first-order valence-electron chi connectivity index (χ1n) is 8.51. The topological polar surface area (TPSA) is 97.3 Å². The number of ether oxygens (including phenoxy) is 1. The van der Waals surface area contributed by atoms with Crippen LogP contribution in [0.1, 0.15) is 36.5 Å². The largest absolute Gasteiger partial charge is 0.376 e. The number of carbonyl (C=O) groups excluding carboxylic acids is 1. The van der Waals surface area contributed by atoms with Crippen LogP contribution in [-0.2, 0) is 11.8 Å². The summed E-state index contributed by atoms with van der Waals surface area (Å²) in [5.74, 6) is -0.174. The number of nitrogens with one attached hydrogen (secondary N) is 1. The maximum Gasteiger partial charge on any atom is 0.329 e. The van der Waals surface area contributed by atoms with Gasteiger partial charge in [0.2, 0.25) is 0 Å². The number of pyridine rings is 1. The molecular weight excluding hydrogens is 324 g/mol. The Morgan fingerprint density at radius 3 is 3.00 bits per heavy atom. The zero-order chi connectivity index (χ0) is 18.0. The molecule has 1 N–H and O–H groups in total. The van der Waals surface area contributed by atoms with E-state index in [4.69, 9.17) is 4.74 Å². The Labute approximate surface area is 144 Å². The zero-order valence-corrected chi connectivity index (χ0v) is 14.4. The summed E-state index contributed by atoms with van der Waals surface area (Å²) in [5, 5.41) is 0.226. The van der Waals surface area contributed by atoms with Crippen LogP contribution in [-0.4, -0.2) is 51.1 Å². The number of aromatic nitrogens is 3. The lowest BCUT2D eigenvalue weighted by atomic mass is 10.1. The molecule has 0 radical (unpaired) electrons. The van der Waals surface area contributed by atoms with Crippen LogP contribution in [0.15, 0.2) is 21.9 Å². The minimum absolute atomic E-state index is 0.0512. The molecule has 1 saturated heterocycles. The molecular formula is C17H22N4O4. The van der Waals surface area contributed by atoms with Gasteiger partial charge in [-0.3, -0.25) is 19.1 Å². The predicted molar refractivity (Wildman–Crippen MR) is 92.8 cm³/mol. The SMILES string of the molecule is CCCOC1CCCN(C(=O)c2cnc3c(c2)c(=O)[nH]c(=O)n3C)C1. The smallest absolute Gasteiger partial charge is 0.329 e. The third-order valence-electron chi connectivity index (χ3n) is 4.42. The number of aryl methyl sites for hydroxylation is 1. The van der Waals surface area contributed by atoms with Gasteiger partial charge in [-0.25, -0.2) is 9.78 Å². The molecule has 25 heavy (non-hydrogen) atoms. The number of piperidine rings is 1. The highest BCUT2D eigenvalue weighted by Gasteiger charge is 2.25. The number of nitrogens with zero attached hydrogens (tertiary/aromatic N) is 3. The van der Waals surface area contributed by atoms with E-state index in [2.05, 4.69) is 16.9 Å². The van der Waals surface area contributed by atoms with Crippen molar-refractivity contribution in [3.8, 4) is 0 Å². The third kappa shape index (κ3) is 3.48. The summed E-state index contributed by atoms with van der Waals surface area (Å²) in [6.07, 6.45) is 4.24. The van der Waals surface area contributed by atoms with Crippen LogP contribution in [0.5, 0.6) is 0 Å². The fraction of sp³-hybridized carbons (Fsp3) is 0.529. The fourth-order valence-electron chi connectivity index (χ4n) is 3.08. The Hall–Kier alpha value is -2.48. The lowest BCUT2D eigenvalue weighted by molar-refractivity contribution is 0.00210. The van der Waals surface area contributed by atoms with Gasteiger partial charge in [-0.05, 0) is 25.3 Å². The summed E-state index contributed by atoms with van der Waals surface area (Å²) in [6, 6.07) is 1.50. The molecule has 1 fully saturated rings. The van der Waals surface area contributed by atoms with Crippen molar-refractivity contribution in [2.24, 2.45) is 7.05 Å². The second-order valence-corrected chi connectivity index (χ2v) is 6.30. The second-order valence-electron chi connectivity index (χ2n) is 6.30. The van der Waals surface area contributed by atoms with E-state index in [0.29, 0.717) is 25.3 Å². The Morgan fingerprint density at radius 1 is 1.44 bits per heavy atom. The maximum absolute atomic E-state index is 12.8. The number of aromatic amines is 1. The maximum atomic E-state index is 12.8. The number of carbonyl (C=O) groups is 1. The van der Waals surface area contributed by atoms with E-state index in [0.717, 1.165) is 19.3 Å². The van der Waals surface area contributed by atoms with Crippen LogP contribution in [0.3, 0.4) is 0 Å². The predicted octanol–water partition coefficient (Wildman–Crippen LogP) is 0.653. The monoisotopic (exact) mass is 346 g/mol. The Kier molecular flexibility index (Phi) is 4.98. The van der Waals surface area contributed by atoms with Crippen LogP contribution < -0.4 is 11.2 Å². The van der Waals surface area contributed by atoms with Crippen molar-refractivity contribution in [3.63, 3.8) is 0 Å². The number of rotatable bonds is 4. The van der Waals surface area contributed by atoms with Crippen LogP contribution in [0.4, 0.5) is 0 Å². The number of hydrogen-bond donors (Lipinski definition) is 1. The van der Waals surface area contributed by atoms with Crippen molar-refractivity contribution in [2.45, 2.75) is 32.3 Å². The summed E-state index contributed by atoms with van der Waals surface area (Å²) in [6.45, 7) is 3.94. The molecule has 134 valence electrons. The molecule has 1 unspecified atom stereocenters. The second kappa shape index (κ2) is 7.18. The van der Waals surface area contributed by atoms with Gasteiger partial charge in [0.15, 0.2) is 0 Å². The molecule has 8 heteroatoms. The molecule has 3 rings (SSSR count). The summed E-state index contributed by atoms with van der Waals surface area (Å²) >= 11 is 0. The molecule has 2 aromatic rings. The highest BCUT2D eigenvalue weighted by Crippen LogP contribution is 2.17. The van der Waals surface area contributed by atoms with Crippen molar-refractivity contribution >= 4 is 16.9 Å². The highest BCUT2D eigenvalue weighted by atomic mass is 16.5. The Morgan fingerprint density at radius 2 is 2.24 bits per heavy atom. The molecule has 0 aromatic carbocycles. The number of amides is 1. The van der Waals surface area contributed by atoms with E-state index in [1.54, 1.807) is 4.90 Å². The summed E-state index contributed by atoms with van der Waals surface area (Å²) in [5.41, 5.74) is -0.472. The van der Waals surface area contributed by atoms with Gasteiger partial charge >= 0.3 is 5.69 Å². The summed E-state index contributed by atoms with van der Waals surface area (Å²) < 4.78 is 7.01. The van der Waals surface area contributed by atoms with Gasteiger partial charge in [0.05, 0.1) is 17.1 Å². The molecule has 0 bridgehead atoms. The van der Waals surface area contributed by atoms with E-state index in [-0.39, 0.29) is 23.0 Å². The average Bonchev–Trinajstić information content (AvgIpc) is 2.63. The van der Waals surface area contributed by atoms with Crippen molar-refractivity contribution in [1.82, 2.24) is 19.4 Å². The van der Waals surface area contributed by atoms with E-state index in [1.165, 1.54) is 23.9 Å². The first-order chi connectivity index (χ1) is 12.0. The molecule has 0 spiro atoms.